The molecule has 0 saturated heterocycles. The maximum Gasteiger partial charge on any atom is 0.161 e. The van der Waals surface area contributed by atoms with E-state index in [9.17, 15) is 0 Å². The molecule has 2 unspecified atom stereocenters. The molecular weight excluding hydrogens is 258 g/mol. The molecule has 3 rings (SSSR count). The van der Waals surface area contributed by atoms with Crippen LogP contribution in [-0.2, 0) is 0 Å². The van der Waals surface area contributed by atoms with E-state index in [1.54, 1.807) is 11.3 Å². The van der Waals surface area contributed by atoms with Crippen LogP contribution in [0, 0.1) is 5.92 Å². The fraction of sp³-hybridized carbons (Fsp3) is 0.333. The zero-order valence-corrected chi connectivity index (χ0v) is 11.7. The van der Waals surface area contributed by atoms with Crippen LogP contribution in [0.25, 0.3) is 0 Å². The van der Waals surface area contributed by atoms with Gasteiger partial charge in [0.2, 0.25) is 0 Å². The van der Waals surface area contributed by atoms with Gasteiger partial charge in [0.05, 0.1) is 19.3 Å². The van der Waals surface area contributed by atoms with Crippen molar-refractivity contribution in [2.75, 3.05) is 13.2 Å². The summed E-state index contributed by atoms with van der Waals surface area (Å²) in [6.45, 7) is 3.50. The number of thiophene rings is 1. The van der Waals surface area contributed by atoms with Gasteiger partial charge in [-0.1, -0.05) is 13.0 Å². The number of hydrogen-bond donors (Lipinski definition) is 1. The van der Waals surface area contributed by atoms with Crippen molar-refractivity contribution in [3.05, 3.63) is 46.2 Å². The number of benzene rings is 1. The van der Waals surface area contributed by atoms with Gasteiger partial charge in [-0.05, 0) is 40.1 Å². The van der Waals surface area contributed by atoms with Gasteiger partial charge in [0.1, 0.15) is 0 Å². The number of hydrogen-bond acceptors (Lipinski definition) is 4. The van der Waals surface area contributed by atoms with Gasteiger partial charge in [-0.25, -0.2) is 0 Å². The first kappa shape index (κ1) is 12.5. The minimum absolute atomic E-state index is 0.110. The summed E-state index contributed by atoms with van der Waals surface area (Å²) >= 11 is 1.66. The molecule has 1 aliphatic rings. The van der Waals surface area contributed by atoms with E-state index in [0.29, 0.717) is 19.1 Å². The van der Waals surface area contributed by atoms with E-state index in [-0.39, 0.29) is 6.04 Å². The topological polar surface area (TPSA) is 44.5 Å². The largest absolute Gasteiger partial charge is 0.489 e. The van der Waals surface area contributed by atoms with Crippen molar-refractivity contribution in [3.63, 3.8) is 0 Å². The molecule has 1 aromatic carbocycles. The van der Waals surface area contributed by atoms with E-state index in [1.807, 2.05) is 23.6 Å². The van der Waals surface area contributed by atoms with Gasteiger partial charge in [0.15, 0.2) is 11.5 Å². The van der Waals surface area contributed by atoms with Crippen LogP contribution < -0.4 is 15.2 Å². The predicted octanol–water partition coefficient (Wildman–Crippen LogP) is 3.20. The Morgan fingerprint density at radius 1 is 1.16 bits per heavy atom. The maximum atomic E-state index is 6.27. The van der Waals surface area contributed by atoms with Crippen LogP contribution >= 0.6 is 11.3 Å². The van der Waals surface area contributed by atoms with Crippen molar-refractivity contribution >= 4 is 11.3 Å². The minimum Gasteiger partial charge on any atom is -0.489 e. The lowest BCUT2D eigenvalue weighted by molar-refractivity contribution is 0.228. The van der Waals surface area contributed by atoms with Gasteiger partial charge in [-0.2, -0.15) is 11.3 Å². The molecule has 100 valence electrons. The van der Waals surface area contributed by atoms with Gasteiger partial charge in [-0.3, -0.25) is 0 Å². The summed E-state index contributed by atoms with van der Waals surface area (Å²) in [6, 6.07) is 7.91. The van der Waals surface area contributed by atoms with Crippen molar-refractivity contribution in [3.8, 4) is 11.5 Å². The maximum absolute atomic E-state index is 6.27. The van der Waals surface area contributed by atoms with Crippen LogP contribution in [0.5, 0.6) is 11.5 Å². The Kier molecular flexibility index (Phi) is 3.44. The molecule has 0 saturated carbocycles. The Balaban J connectivity index is 1.89. The monoisotopic (exact) mass is 275 g/mol. The molecule has 0 amide bonds. The van der Waals surface area contributed by atoms with Crippen molar-refractivity contribution in [2.24, 2.45) is 11.7 Å². The fourth-order valence-electron chi connectivity index (χ4n) is 2.11. The smallest absolute Gasteiger partial charge is 0.161 e. The van der Waals surface area contributed by atoms with Gasteiger partial charge in [-0.15, -0.1) is 0 Å². The molecule has 2 aromatic rings. The van der Waals surface area contributed by atoms with Gasteiger partial charge < -0.3 is 15.2 Å². The lowest BCUT2D eigenvalue weighted by Gasteiger charge is -2.14. The Bertz CT molecular complexity index is 553. The molecule has 1 aliphatic heterocycles. The lowest BCUT2D eigenvalue weighted by atomic mass is 10.0. The van der Waals surface area contributed by atoms with E-state index in [2.05, 4.69) is 18.4 Å². The van der Waals surface area contributed by atoms with Crippen LogP contribution in [-0.4, -0.2) is 13.2 Å². The summed E-state index contributed by atoms with van der Waals surface area (Å²) in [5.41, 5.74) is 8.45. The quantitative estimate of drug-likeness (QED) is 0.915. The third-order valence-electron chi connectivity index (χ3n) is 3.28. The van der Waals surface area contributed by atoms with Crippen LogP contribution in [0.1, 0.15) is 24.1 Å². The number of nitrogens with two attached hydrogens (primary N) is 1. The summed E-state index contributed by atoms with van der Waals surface area (Å²) in [4.78, 5) is 0. The highest BCUT2D eigenvalue weighted by Gasteiger charge is 2.17. The van der Waals surface area contributed by atoms with Gasteiger partial charge >= 0.3 is 0 Å². The molecule has 2 N–H and O–H groups in total. The predicted molar refractivity (Wildman–Crippen MR) is 76.9 cm³/mol. The second kappa shape index (κ2) is 5.23. The average molecular weight is 275 g/mol. The molecular formula is C15H17NO2S. The molecule has 19 heavy (non-hydrogen) atoms. The van der Waals surface area contributed by atoms with Gasteiger partial charge in [0.25, 0.3) is 0 Å². The zero-order valence-electron chi connectivity index (χ0n) is 10.8. The summed E-state index contributed by atoms with van der Waals surface area (Å²) in [5.74, 6) is 2.01. The second-order valence-electron chi connectivity index (χ2n) is 4.97. The number of ether oxygens (including phenoxy) is 2. The van der Waals surface area contributed by atoms with Crippen LogP contribution in [0.3, 0.4) is 0 Å². The van der Waals surface area contributed by atoms with Crippen molar-refractivity contribution < 1.29 is 9.47 Å². The zero-order chi connectivity index (χ0) is 13.2. The molecule has 3 nitrogen and oxygen atoms in total. The number of fused-ring (bicyclic) bond motifs is 1. The van der Waals surface area contributed by atoms with Gasteiger partial charge in [0, 0.05) is 5.92 Å². The Hall–Kier alpha value is -1.52. The molecule has 0 bridgehead atoms. The minimum atomic E-state index is -0.110. The molecule has 0 spiro atoms. The molecule has 4 heteroatoms. The third-order valence-corrected chi connectivity index (χ3v) is 3.98. The van der Waals surface area contributed by atoms with Crippen LogP contribution in [0.15, 0.2) is 35.0 Å². The van der Waals surface area contributed by atoms with E-state index >= 15 is 0 Å². The molecule has 2 atom stereocenters. The number of rotatable bonds is 2. The molecule has 0 radical (unpaired) electrons. The van der Waals surface area contributed by atoms with Crippen LogP contribution in [0.4, 0.5) is 0 Å². The van der Waals surface area contributed by atoms with E-state index in [1.165, 1.54) is 0 Å². The van der Waals surface area contributed by atoms with E-state index in [0.717, 1.165) is 22.6 Å². The van der Waals surface area contributed by atoms with Crippen molar-refractivity contribution in [1.29, 1.82) is 0 Å². The summed E-state index contributed by atoms with van der Waals surface area (Å²) in [6.07, 6.45) is 0. The first-order valence-electron chi connectivity index (χ1n) is 6.41. The molecule has 0 aliphatic carbocycles. The first-order valence-corrected chi connectivity index (χ1v) is 7.35. The molecule has 2 heterocycles. The standard InChI is InChI=1S/C15H17NO2S/c1-10-7-17-13-3-2-11(6-14(13)18-8-10)15(16)12-4-5-19-9-12/h2-6,9-10,15H,7-8,16H2,1H3. The summed E-state index contributed by atoms with van der Waals surface area (Å²) < 4.78 is 11.5. The highest BCUT2D eigenvalue weighted by Crippen LogP contribution is 2.34. The highest BCUT2D eigenvalue weighted by atomic mass is 32.1. The summed E-state index contributed by atoms with van der Waals surface area (Å²) in [7, 11) is 0. The van der Waals surface area contributed by atoms with Crippen molar-refractivity contribution in [2.45, 2.75) is 13.0 Å². The Morgan fingerprint density at radius 2 is 1.95 bits per heavy atom. The fourth-order valence-corrected chi connectivity index (χ4v) is 2.80. The highest BCUT2D eigenvalue weighted by molar-refractivity contribution is 7.08. The SMILES string of the molecule is CC1COc2ccc(C(N)c3ccsc3)cc2OC1. The van der Waals surface area contributed by atoms with E-state index in [4.69, 9.17) is 15.2 Å². The lowest BCUT2D eigenvalue weighted by Crippen LogP contribution is -2.12. The Morgan fingerprint density at radius 3 is 2.68 bits per heavy atom. The molecule has 0 fully saturated rings. The van der Waals surface area contributed by atoms with Crippen molar-refractivity contribution in [1.82, 2.24) is 0 Å². The average Bonchev–Trinajstić information content (AvgIpc) is 2.90. The van der Waals surface area contributed by atoms with E-state index < -0.39 is 0 Å². The third kappa shape index (κ3) is 2.60. The normalized spacial score (nSPS) is 19.8. The first-order chi connectivity index (χ1) is 9.24. The molecule has 1 aromatic heterocycles. The van der Waals surface area contributed by atoms with Crippen LogP contribution in [0.2, 0.25) is 0 Å². The second-order valence-corrected chi connectivity index (χ2v) is 5.75. The summed E-state index contributed by atoms with van der Waals surface area (Å²) in [5, 5.41) is 4.12. The Labute approximate surface area is 117 Å².